The summed E-state index contributed by atoms with van der Waals surface area (Å²) in [5, 5.41) is 5.69. The van der Waals surface area contributed by atoms with Gasteiger partial charge in [0.15, 0.2) is 0 Å². The van der Waals surface area contributed by atoms with Crippen molar-refractivity contribution in [3.63, 3.8) is 0 Å². The Morgan fingerprint density at radius 3 is 1.60 bits per heavy atom. The van der Waals surface area contributed by atoms with Gasteiger partial charge in [0, 0.05) is 19.4 Å². The summed E-state index contributed by atoms with van der Waals surface area (Å²) in [7, 11) is 0. The van der Waals surface area contributed by atoms with Crippen molar-refractivity contribution in [3.8, 4) is 0 Å². The van der Waals surface area contributed by atoms with E-state index in [1.54, 1.807) is 65.8 Å². The molecule has 0 saturated carbocycles. The molecule has 3 amide bonds. The van der Waals surface area contributed by atoms with Gasteiger partial charge in [-0.1, -0.05) is 97.9 Å². The first-order chi connectivity index (χ1) is 22.2. The highest BCUT2D eigenvalue weighted by atomic mass is 16.6. The number of hydrogen-bond acceptors (Lipinski definition) is 6. The van der Waals surface area contributed by atoms with Crippen LogP contribution in [0.1, 0.15) is 77.6 Å². The molecule has 9 heteroatoms. The van der Waals surface area contributed by atoms with Gasteiger partial charge in [0.05, 0.1) is 0 Å². The summed E-state index contributed by atoms with van der Waals surface area (Å²) in [6, 6.07) is 24.5. The van der Waals surface area contributed by atoms with Gasteiger partial charge in [-0.15, -0.1) is 0 Å². The Balaban J connectivity index is 2.03. The minimum absolute atomic E-state index is 0.177. The molecule has 3 unspecified atom stereocenters. The Morgan fingerprint density at radius 2 is 1.13 bits per heavy atom. The maximum absolute atomic E-state index is 14.5. The summed E-state index contributed by atoms with van der Waals surface area (Å²) in [5.41, 5.74) is 0.663. The number of rotatable bonds is 13. The van der Waals surface area contributed by atoms with Crippen LogP contribution in [0.4, 0.5) is 4.79 Å². The zero-order chi connectivity index (χ0) is 34.6. The lowest BCUT2D eigenvalue weighted by Gasteiger charge is -2.35. The van der Waals surface area contributed by atoms with E-state index in [-0.39, 0.29) is 19.4 Å². The first-order valence-electron chi connectivity index (χ1n) is 16.1. The number of amides is 3. The molecular weight excluding hydrogens is 594 g/mol. The average molecular weight is 644 g/mol. The second-order valence-electron chi connectivity index (χ2n) is 13.5. The van der Waals surface area contributed by atoms with Gasteiger partial charge in [-0.2, -0.15) is 0 Å². The van der Waals surface area contributed by atoms with E-state index in [9.17, 15) is 19.2 Å². The van der Waals surface area contributed by atoms with Crippen LogP contribution in [0.15, 0.2) is 91.0 Å². The van der Waals surface area contributed by atoms with Crippen LogP contribution in [0, 0.1) is 0 Å². The molecule has 0 heterocycles. The first-order valence-corrected chi connectivity index (χ1v) is 16.1. The van der Waals surface area contributed by atoms with Crippen molar-refractivity contribution in [2.24, 2.45) is 0 Å². The van der Waals surface area contributed by atoms with Gasteiger partial charge >= 0.3 is 12.1 Å². The van der Waals surface area contributed by atoms with E-state index in [0.717, 1.165) is 11.1 Å². The Bertz CT molecular complexity index is 1450. The van der Waals surface area contributed by atoms with Gasteiger partial charge < -0.3 is 25.0 Å². The highest BCUT2D eigenvalue weighted by molar-refractivity contribution is 5.94. The molecule has 3 rings (SSSR count). The highest BCUT2D eigenvalue weighted by Crippen LogP contribution is 2.25. The van der Waals surface area contributed by atoms with Crippen LogP contribution >= 0.6 is 0 Å². The smallest absolute Gasteiger partial charge is 0.408 e. The lowest BCUT2D eigenvalue weighted by Crippen LogP contribution is -2.55. The number of nitrogens with one attached hydrogen (secondary N) is 2. The monoisotopic (exact) mass is 643 g/mol. The highest BCUT2D eigenvalue weighted by Gasteiger charge is 2.38. The maximum atomic E-state index is 14.5. The minimum Gasteiger partial charge on any atom is -0.458 e. The van der Waals surface area contributed by atoms with E-state index in [1.807, 2.05) is 73.7 Å². The third kappa shape index (κ3) is 12.2. The van der Waals surface area contributed by atoms with Gasteiger partial charge in [-0.3, -0.25) is 9.59 Å². The number of hydrogen-bond donors (Lipinski definition) is 2. The summed E-state index contributed by atoms with van der Waals surface area (Å²) in [4.78, 5) is 56.9. The van der Waals surface area contributed by atoms with Crippen molar-refractivity contribution in [2.75, 3.05) is 6.54 Å². The van der Waals surface area contributed by atoms with Crippen LogP contribution in [0.25, 0.3) is 0 Å². The van der Waals surface area contributed by atoms with Gasteiger partial charge in [0.25, 0.3) is 0 Å². The molecule has 0 aliphatic carbocycles. The van der Waals surface area contributed by atoms with Gasteiger partial charge in [0.2, 0.25) is 11.8 Å². The molecule has 0 radical (unpaired) electrons. The number of ether oxygens (including phenoxy) is 2. The van der Waals surface area contributed by atoms with E-state index in [4.69, 9.17) is 9.47 Å². The third-order valence-electron chi connectivity index (χ3n) is 6.99. The summed E-state index contributed by atoms with van der Waals surface area (Å²) >= 11 is 0. The Kier molecular flexibility index (Phi) is 13.1. The van der Waals surface area contributed by atoms with Gasteiger partial charge in [-0.25, -0.2) is 9.59 Å². The maximum Gasteiger partial charge on any atom is 0.408 e. The standard InChI is InChI=1S/C38H49N3O6/c1-8-24-41(34(43)30(25-27-18-12-9-13-19-27)40-36(45)47-38(5,6)7)32(29-22-16-11-17-23-29)33(42)39-31(35(44)46-37(2,3)4)26-28-20-14-10-15-21-28/h9-23,30-32H,8,24-26H2,1-7H3,(H,39,42)(H,40,45). The fourth-order valence-corrected chi connectivity index (χ4v) is 5.08. The largest absolute Gasteiger partial charge is 0.458 e. The number of nitrogens with zero attached hydrogens (tertiary/aromatic N) is 1. The Labute approximate surface area is 279 Å². The van der Waals surface area contributed by atoms with Crippen molar-refractivity contribution in [2.45, 2.75) is 97.1 Å². The molecule has 0 aromatic heterocycles. The zero-order valence-corrected chi connectivity index (χ0v) is 28.6. The molecule has 3 aromatic carbocycles. The predicted molar refractivity (Wildman–Crippen MR) is 182 cm³/mol. The number of alkyl carbamates (subject to hydrolysis) is 1. The summed E-state index contributed by atoms with van der Waals surface area (Å²) in [5.74, 6) is -1.58. The summed E-state index contributed by atoms with van der Waals surface area (Å²) < 4.78 is 11.2. The van der Waals surface area contributed by atoms with Gasteiger partial charge in [0.1, 0.15) is 29.3 Å². The third-order valence-corrected chi connectivity index (χ3v) is 6.99. The molecule has 0 aliphatic rings. The van der Waals surface area contributed by atoms with E-state index < -0.39 is 53.2 Å². The second kappa shape index (κ2) is 16.8. The lowest BCUT2D eigenvalue weighted by molar-refractivity contribution is -0.159. The number of benzene rings is 3. The molecule has 9 nitrogen and oxygen atoms in total. The zero-order valence-electron chi connectivity index (χ0n) is 28.6. The second-order valence-corrected chi connectivity index (χ2v) is 13.5. The van der Waals surface area contributed by atoms with Crippen LogP contribution in [-0.2, 0) is 36.7 Å². The molecule has 3 atom stereocenters. The van der Waals surface area contributed by atoms with Crippen LogP contribution in [0.3, 0.4) is 0 Å². The SMILES string of the molecule is CCCN(C(=O)C(Cc1ccccc1)NC(=O)OC(C)(C)C)C(C(=O)NC(Cc1ccccc1)C(=O)OC(C)(C)C)c1ccccc1. The van der Waals surface area contributed by atoms with Crippen molar-refractivity contribution in [3.05, 3.63) is 108 Å². The predicted octanol–water partition coefficient (Wildman–Crippen LogP) is 6.17. The van der Waals surface area contributed by atoms with Crippen LogP contribution < -0.4 is 10.6 Å². The van der Waals surface area contributed by atoms with E-state index in [2.05, 4.69) is 10.6 Å². The molecule has 2 N–H and O–H groups in total. The van der Waals surface area contributed by atoms with Gasteiger partial charge in [-0.05, 0) is 64.7 Å². The molecule has 0 fully saturated rings. The van der Waals surface area contributed by atoms with Crippen LogP contribution in [0.5, 0.6) is 0 Å². The Hall–Kier alpha value is -4.66. The molecule has 3 aromatic rings. The molecule has 0 saturated heterocycles. The molecule has 252 valence electrons. The quantitative estimate of drug-likeness (QED) is 0.215. The molecule has 47 heavy (non-hydrogen) atoms. The fraction of sp³-hybridized carbons (Fsp3) is 0.421. The molecule has 0 spiro atoms. The lowest BCUT2D eigenvalue weighted by atomic mass is 9.99. The van der Waals surface area contributed by atoms with Crippen molar-refractivity contribution >= 4 is 23.9 Å². The number of esters is 1. The van der Waals surface area contributed by atoms with E-state index >= 15 is 0 Å². The van der Waals surface area contributed by atoms with E-state index in [1.165, 1.54) is 4.90 Å². The first kappa shape index (κ1) is 36.8. The molecule has 0 aliphatic heterocycles. The van der Waals surface area contributed by atoms with Crippen LogP contribution in [-0.4, -0.2) is 58.6 Å². The van der Waals surface area contributed by atoms with Crippen molar-refractivity contribution in [1.29, 1.82) is 0 Å². The minimum atomic E-state index is -1.11. The fourth-order valence-electron chi connectivity index (χ4n) is 5.08. The number of carbonyl (C=O) groups is 4. The molecule has 0 bridgehead atoms. The van der Waals surface area contributed by atoms with E-state index in [0.29, 0.717) is 12.0 Å². The van der Waals surface area contributed by atoms with Crippen molar-refractivity contribution in [1.82, 2.24) is 15.5 Å². The Morgan fingerprint density at radius 1 is 0.660 bits per heavy atom. The number of carbonyl (C=O) groups excluding carboxylic acids is 4. The average Bonchev–Trinajstić information content (AvgIpc) is 2.99. The van der Waals surface area contributed by atoms with Crippen LogP contribution in [0.2, 0.25) is 0 Å². The van der Waals surface area contributed by atoms with Crippen molar-refractivity contribution < 1.29 is 28.7 Å². The topological polar surface area (TPSA) is 114 Å². The molecular formula is C38H49N3O6. The summed E-state index contributed by atoms with van der Waals surface area (Å²) in [6.45, 7) is 12.7. The summed E-state index contributed by atoms with van der Waals surface area (Å²) in [6.07, 6.45) is 0.168. The normalized spacial score (nSPS) is 13.4.